The smallest absolute Gasteiger partial charge is 0.207 e. The van der Waals surface area contributed by atoms with E-state index < -0.39 is 0 Å². The summed E-state index contributed by atoms with van der Waals surface area (Å²) in [6.07, 6.45) is 1.81. The SMILES string of the molecule is Cc1cnc2c(c1)nc(N)n2-c1ccc(Cl)cc1I. The predicted octanol–water partition coefficient (Wildman–Crippen LogP) is 3.57. The Hall–Kier alpha value is -1.34. The number of fused-ring (bicyclic) bond motifs is 1. The van der Waals surface area contributed by atoms with Gasteiger partial charge in [-0.2, -0.15) is 0 Å². The lowest BCUT2D eigenvalue weighted by Crippen LogP contribution is -2.03. The van der Waals surface area contributed by atoms with E-state index in [1.807, 2.05) is 42.0 Å². The molecule has 0 aliphatic carbocycles. The molecule has 0 amide bonds. The zero-order valence-corrected chi connectivity index (χ0v) is 13.0. The molecule has 0 unspecified atom stereocenters. The van der Waals surface area contributed by atoms with Crippen molar-refractivity contribution in [3.63, 3.8) is 0 Å². The molecule has 0 saturated heterocycles. The van der Waals surface area contributed by atoms with Crippen LogP contribution in [0, 0.1) is 10.5 Å². The number of hydrogen-bond acceptors (Lipinski definition) is 3. The Morgan fingerprint density at radius 3 is 2.84 bits per heavy atom. The van der Waals surface area contributed by atoms with Crippen LogP contribution in [0.15, 0.2) is 30.5 Å². The van der Waals surface area contributed by atoms with Crippen molar-refractivity contribution in [2.45, 2.75) is 6.92 Å². The van der Waals surface area contributed by atoms with Crippen LogP contribution in [0.2, 0.25) is 5.02 Å². The third kappa shape index (κ3) is 2.17. The van der Waals surface area contributed by atoms with E-state index in [2.05, 4.69) is 32.6 Å². The van der Waals surface area contributed by atoms with Crippen molar-refractivity contribution in [3.8, 4) is 5.69 Å². The van der Waals surface area contributed by atoms with Gasteiger partial charge >= 0.3 is 0 Å². The van der Waals surface area contributed by atoms with E-state index in [-0.39, 0.29) is 0 Å². The number of aromatic nitrogens is 3. The number of benzene rings is 1. The molecule has 96 valence electrons. The maximum absolute atomic E-state index is 6.02. The van der Waals surface area contributed by atoms with Crippen molar-refractivity contribution in [1.82, 2.24) is 14.5 Å². The molecule has 0 fully saturated rings. The Morgan fingerprint density at radius 1 is 1.32 bits per heavy atom. The molecule has 2 aromatic heterocycles. The van der Waals surface area contributed by atoms with Gasteiger partial charge in [-0.25, -0.2) is 9.97 Å². The van der Waals surface area contributed by atoms with Crippen LogP contribution >= 0.6 is 34.2 Å². The van der Waals surface area contributed by atoms with Crippen molar-refractivity contribution in [2.24, 2.45) is 0 Å². The van der Waals surface area contributed by atoms with Crippen LogP contribution in [0.4, 0.5) is 5.95 Å². The molecule has 0 bridgehead atoms. The first-order chi connectivity index (χ1) is 9.06. The molecule has 3 aromatic rings. The van der Waals surface area contributed by atoms with Crippen LogP contribution < -0.4 is 5.73 Å². The van der Waals surface area contributed by atoms with Gasteiger partial charge in [0.05, 0.1) is 5.69 Å². The second-order valence-electron chi connectivity index (χ2n) is 4.26. The summed E-state index contributed by atoms with van der Waals surface area (Å²) in [4.78, 5) is 8.78. The highest BCUT2D eigenvalue weighted by molar-refractivity contribution is 14.1. The van der Waals surface area contributed by atoms with Crippen molar-refractivity contribution in [3.05, 3.63) is 44.6 Å². The molecular weight excluding hydrogens is 375 g/mol. The van der Waals surface area contributed by atoms with E-state index in [9.17, 15) is 0 Å². The Balaban J connectivity index is 2.33. The first-order valence-corrected chi connectivity index (χ1v) is 7.08. The summed E-state index contributed by atoms with van der Waals surface area (Å²) in [6.45, 7) is 1.98. The molecule has 4 nitrogen and oxygen atoms in total. The molecule has 0 aliphatic rings. The summed E-state index contributed by atoms with van der Waals surface area (Å²) in [5.74, 6) is 0.424. The summed E-state index contributed by atoms with van der Waals surface area (Å²) in [5.41, 5.74) is 9.56. The Bertz CT molecular complexity index is 782. The molecule has 2 heterocycles. The molecular formula is C13H10ClIN4. The third-order valence-corrected chi connectivity index (χ3v) is 3.91. The van der Waals surface area contributed by atoms with Crippen LogP contribution in [0.1, 0.15) is 5.56 Å². The zero-order valence-electron chi connectivity index (χ0n) is 10.1. The minimum atomic E-state index is 0.424. The van der Waals surface area contributed by atoms with Gasteiger partial charge < -0.3 is 5.73 Å². The number of aryl methyl sites for hydroxylation is 1. The average Bonchev–Trinajstić information content (AvgIpc) is 2.65. The highest BCUT2D eigenvalue weighted by Gasteiger charge is 2.13. The molecule has 2 N–H and O–H groups in total. The van der Waals surface area contributed by atoms with Gasteiger partial charge in [-0.3, -0.25) is 4.57 Å². The van der Waals surface area contributed by atoms with Crippen LogP contribution in [0.25, 0.3) is 16.9 Å². The summed E-state index contributed by atoms with van der Waals surface area (Å²) in [6, 6.07) is 7.61. The number of nitrogen functional groups attached to an aromatic ring is 1. The number of hydrogen-bond donors (Lipinski definition) is 1. The topological polar surface area (TPSA) is 56.7 Å². The van der Waals surface area contributed by atoms with Crippen LogP contribution in [0.3, 0.4) is 0 Å². The van der Waals surface area contributed by atoms with E-state index in [1.54, 1.807) is 0 Å². The highest BCUT2D eigenvalue weighted by atomic mass is 127. The summed E-state index contributed by atoms with van der Waals surface area (Å²) in [7, 11) is 0. The molecule has 0 aliphatic heterocycles. The van der Waals surface area contributed by atoms with Gasteiger partial charge in [0, 0.05) is 14.8 Å². The van der Waals surface area contributed by atoms with Crippen LogP contribution in [-0.2, 0) is 0 Å². The number of rotatable bonds is 1. The van der Waals surface area contributed by atoms with Gasteiger partial charge in [0.15, 0.2) is 5.65 Å². The van der Waals surface area contributed by atoms with Gasteiger partial charge in [0.1, 0.15) is 5.52 Å². The molecule has 19 heavy (non-hydrogen) atoms. The van der Waals surface area contributed by atoms with Crippen LogP contribution in [-0.4, -0.2) is 14.5 Å². The van der Waals surface area contributed by atoms with E-state index >= 15 is 0 Å². The van der Waals surface area contributed by atoms with Gasteiger partial charge in [0.2, 0.25) is 5.95 Å². The Labute approximate surface area is 128 Å². The number of anilines is 1. The number of imidazole rings is 1. The first kappa shape index (κ1) is 12.7. The van der Waals surface area contributed by atoms with Gasteiger partial charge in [-0.05, 0) is 59.3 Å². The van der Waals surface area contributed by atoms with Crippen LogP contribution in [0.5, 0.6) is 0 Å². The number of nitrogens with zero attached hydrogens (tertiary/aromatic N) is 3. The summed E-state index contributed by atoms with van der Waals surface area (Å²) >= 11 is 8.21. The monoisotopic (exact) mass is 384 g/mol. The second kappa shape index (κ2) is 4.64. The molecule has 0 spiro atoms. The second-order valence-corrected chi connectivity index (χ2v) is 5.86. The van der Waals surface area contributed by atoms with Gasteiger partial charge in [0.25, 0.3) is 0 Å². The van der Waals surface area contributed by atoms with Crippen molar-refractivity contribution in [2.75, 3.05) is 5.73 Å². The first-order valence-electron chi connectivity index (χ1n) is 5.62. The lowest BCUT2D eigenvalue weighted by atomic mass is 10.3. The van der Waals surface area contributed by atoms with E-state index in [1.165, 1.54) is 0 Å². The molecule has 0 radical (unpaired) electrons. The van der Waals surface area contributed by atoms with Crippen molar-refractivity contribution >= 4 is 51.3 Å². The fourth-order valence-electron chi connectivity index (χ4n) is 1.98. The third-order valence-electron chi connectivity index (χ3n) is 2.81. The van der Waals surface area contributed by atoms with E-state index in [0.29, 0.717) is 11.0 Å². The molecule has 0 saturated carbocycles. The molecule has 6 heteroatoms. The largest absolute Gasteiger partial charge is 0.369 e. The van der Waals surface area contributed by atoms with Crippen molar-refractivity contribution in [1.29, 1.82) is 0 Å². The maximum atomic E-state index is 6.02. The van der Waals surface area contributed by atoms with Gasteiger partial charge in [-0.15, -0.1) is 0 Å². The zero-order chi connectivity index (χ0) is 13.6. The minimum absolute atomic E-state index is 0.424. The van der Waals surface area contributed by atoms with E-state index in [0.717, 1.165) is 26.0 Å². The molecule has 3 rings (SSSR count). The van der Waals surface area contributed by atoms with Gasteiger partial charge in [-0.1, -0.05) is 11.6 Å². The number of pyridine rings is 1. The average molecular weight is 385 g/mol. The Morgan fingerprint density at radius 2 is 2.11 bits per heavy atom. The predicted molar refractivity (Wildman–Crippen MR) is 85.7 cm³/mol. The summed E-state index contributed by atoms with van der Waals surface area (Å²) in [5, 5.41) is 0.694. The molecule has 1 aromatic carbocycles. The number of nitrogens with two attached hydrogens (primary N) is 1. The fourth-order valence-corrected chi connectivity index (χ4v) is 3.10. The summed E-state index contributed by atoms with van der Waals surface area (Å²) < 4.78 is 2.84. The highest BCUT2D eigenvalue weighted by Crippen LogP contribution is 2.27. The maximum Gasteiger partial charge on any atom is 0.207 e. The normalized spacial score (nSPS) is 11.1. The van der Waals surface area contributed by atoms with E-state index in [4.69, 9.17) is 17.3 Å². The standard InChI is InChI=1S/C13H10ClIN4/c1-7-4-10-12(17-6-7)19(13(16)18-10)11-3-2-8(14)5-9(11)15/h2-6H,1H3,(H2,16,18). The molecule has 0 atom stereocenters. The minimum Gasteiger partial charge on any atom is -0.369 e. The fraction of sp³-hybridized carbons (Fsp3) is 0.0769. The Kier molecular flexibility index (Phi) is 3.10. The quantitative estimate of drug-likeness (QED) is 0.653. The lowest BCUT2D eigenvalue weighted by Gasteiger charge is -2.08. The van der Waals surface area contributed by atoms with Crippen molar-refractivity contribution < 1.29 is 0 Å². The number of halogens is 2. The lowest BCUT2D eigenvalue weighted by molar-refractivity contribution is 1.07.